The van der Waals surface area contributed by atoms with E-state index in [9.17, 15) is 22.8 Å². The number of hydrazone groups is 1. The Balaban J connectivity index is 1.31. The molecule has 0 spiro atoms. The lowest BCUT2D eigenvalue weighted by molar-refractivity contribution is -0.136. The largest absolute Gasteiger partial charge is 0.458 e. The first-order chi connectivity index (χ1) is 21.0. The molecular formula is C31H30BrN5O6S. The van der Waals surface area contributed by atoms with Gasteiger partial charge in [-0.05, 0) is 79.1 Å². The van der Waals surface area contributed by atoms with Gasteiger partial charge < -0.3 is 15.1 Å². The number of hydrogen-bond donors (Lipinski definition) is 3. The molecule has 11 nitrogen and oxygen atoms in total. The summed E-state index contributed by atoms with van der Waals surface area (Å²) in [5.41, 5.74) is 5.60. The molecule has 3 aromatic carbocycles. The zero-order valence-corrected chi connectivity index (χ0v) is 26.3. The molecule has 228 valence electrons. The van der Waals surface area contributed by atoms with Crippen LogP contribution in [0, 0.1) is 13.8 Å². The monoisotopic (exact) mass is 679 g/mol. The minimum atomic E-state index is -4.01. The SMILES string of the molecule is Cc1ccc(NC(=O)C(=O)NCc2ccc(/C=N\NC(=O)CN(Cc3ccccc3)S(=O)(=O)c3ccc(Br)cc3)o2)cc1C. The van der Waals surface area contributed by atoms with Crippen molar-refractivity contribution in [2.24, 2.45) is 5.10 Å². The maximum atomic E-state index is 13.4. The lowest BCUT2D eigenvalue weighted by Crippen LogP contribution is -2.39. The van der Waals surface area contributed by atoms with E-state index in [0.29, 0.717) is 17.0 Å². The lowest BCUT2D eigenvalue weighted by atomic mass is 10.1. The van der Waals surface area contributed by atoms with E-state index in [1.165, 1.54) is 18.3 Å². The number of furan rings is 1. The Morgan fingerprint density at radius 2 is 1.64 bits per heavy atom. The zero-order valence-electron chi connectivity index (χ0n) is 23.9. The van der Waals surface area contributed by atoms with E-state index in [2.05, 4.69) is 37.1 Å². The van der Waals surface area contributed by atoms with Crippen molar-refractivity contribution in [3.05, 3.63) is 118 Å². The van der Waals surface area contributed by atoms with E-state index in [1.807, 2.05) is 26.0 Å². The van der Waals surface area contributed by atoms with Gasteiger partial charge in [-0.2, -0.15) is 9.41 Å². The van der Waals surface area contributed by atoms with Crippen molar-refractivity contribution in [3.8, 4) is 0 Å². The minimum absolute atomic E-state index is 0.0215. The van der Waals surface area contributed by atoms with Gasteiger partial charge >= 0.3 is 11.8 Å². The summed E-state index contributed by atoms with van der Waals surface area (Å²) in [6, 6.07) is 23.6. The number of carbonyl (C=O) groups is 3. The molecular weight excluding hydrogens is 650 g/mol. The van der Waals surface area contributed by atoms with Gasteiger partial charge in [0.05, 0.1) is 24.2 Å². The number of nitrogens with one attached hydrogen (secondary N) is 3. The highest BCUT2D eigenvalue weighted by atomic mass is 79.9. The van der Waals surface area contributed by atoms with Crippen LogP contribution >= 0.6 is 15.9 Å². The van der Waals surface area contributed by atoms with Crippen molar-refractivity contribution < 1.29 is 27.2 Å². The van der Waals surface area contributed by atoms with Crippen molar-refractivity contribution in [2.75, 3.05) is 11.9 Å². The Bertz CT molecular complexity index is 1770. The number of aryl methyl sites for hydroxylation is 2. The first-order valence-electron chi connectivity index (χ1n) is 13.4. The first kappa shape index (κ1) is 32.3. The fourth-order valence-electron chi connectivity index (χ4n) is 3.95. The molecule has 0 bridgehead atoms. The topological polar surface area (TPSA) is 150 Å². The Hall–Kier alpha value is -4.59. The van der Waals surface area contributed by atoms with E-state index < -0.39 is 34.3 Å². The maximum absolute atomic E-state index is 13.4. The number of hydrogen-bond acceptors (Lipinski definition) is 7. The zero-order chi connectivity index (χ0) is 31.7. The molecule has 0 aliphatic rings. The lowest BCUT2D eigenvalue weighted by Gasteiger charge is -2.21. The smallest absolute Gasteiger partial charge is 0.313 e. The molecule has 0 aliphatic carbocycles. The highest BCUT2D eigenvalue weighted by Gasteiger charge is 2.27. The molecule has 0 fully saturated rings. The number of sulfonamides is 1. The fraction of sp³-hybridized carbons (Fsp3) is 0.161. The van der Waals surface area contributed by atoms with Crippen LogP contribution in [0.25, 0.3) is 0 Å². The number of halogens is 1. The predicted octanol–water partition coefficient (Wildman–Crippen LogP) is 4.26. The summed E-state index contributed by atoms with van der Waals surface area (Å²) in [5.74, 6) is -1.70. The predicted molar refractivity (Wildman–Crippen MR) is 169 cm³/mol. The maximum Gasteiger partial charge on any atom is 0.313 e. The van der Waals surface area contributed by atoms with Gasteiger partial charge in [0.25, 0.3) is 5.91 Å². The number of nitrogens with zero attached hydrogens (tertiary/aromatic N) is 2. The number of amides is 3. The average Bonchev–Trinajstić information content (AvgIpc) is 3.45. The molecule has 3 amide bonds. The molecule has 0 unspecified atom stereocenters. The van der Waals surface area contributed by atoms with Crippen LogP contribution in [-0.4, -0.2) is 43.2 Å². The van der Waals surface area contributed by atoms with Crippen molar-refractivity contribution in [2.45, 2.75) is 31.8 Å². The van der Waals surface area contributed by atoms with Gasteiger partial charge in [-0.1, -0.05) is 52.3 Å². The van der Waals surface area contributed by atoms with Crippen LogP contribution in [-0.2, 0) is 37.5 Å². The van der Waals surface area contributed by atoms with E-state index in [-0.39, 0.29) is 23.7 Å². The van der Waals surface area contributed by atoms with Crippen molar-refractivity contribution >= 4 is 55.6 Å². The van der Waals surface area contributed by atoms with Crippen LogP contribution in [0.4, 0.5) is 5.69 Å². The van der Waals surface area contributed by atoms with Gasteiger partial charge in [0.15, 0.2) is 0 Å². The Morgan fingerprint density at radius 3 is 2.34 bits per heavy atom. The minimum Gasteiger partial charge on any atom is -0.458 e. The second kappa shape index (κ2) is 14.7. The summed E-state index contributed by atoms with van der Waals surface area (Å²) in [6.45, 7) is 3.30. The highest BCUT2D eigenvalue weighted by molar-refractivity contribution is 9.10. The molecule has 0 atom stereocenters. The van der Waals surface area contributed by atoms with E-state index in [0.717, 1.165) is 19.9 Å². The molecule has 44 heavy (non-hydrogen) atoms. The van der Waals surface area contributed by atoms with Gasteiger partial charge in [-0.25, -0.2) is 13.8 Å². The van der Waals surface area contributed by atoms with Crippen LogP contribution < -0.4 is 16.1 Å². The number of rotatable bonds is 11. The van der Waals surface area contributed by atoms with E-state index in [4.69, 9.17) is 4.42 Å². The molecule has 4 rings (SSSR count). The van der Waals surface area contributed by atoms with Crippen LogP contribution in [0.1, 0.15) is 28.2 Å². The van der Waals surface area contributed by atoms with Gasteiger partial charge in [-0.15, -0.1) is 0 Å². The third-order valence-electron chi connectivity index (χ3n) is 6.43. The second-order valence-corrected chi connectivity index (χ2v) is 12.6. The standard InChI is InChI=1S/C31H30BrN5O6S/c1-21-8-11-25(16-22(21)2)35-31(40)30(39)33-17-26-12-13-27(43-26)18-34-36-29(38)20-37(19-23-6-4-3-5-7-23)44(41,42)28-14-9-24(32)10-15-28/h3-16,18H,17,19-20H2,1-2H3,(H,33,39)(H,35,40)(H,36,38)/b34-18-. The second-order valence-electron chi connectivity index (χ2n) is 9.75. The summed E-state index contributed by atoms with van der Waals surface area (Å²) in [5, 5.41) is 8.90. The van der Waals surface area contributed by atoms with Gasteiger partial charge in [0.2, 0.25) is 10.0 Å². The third kappa shape index (κ3) is 8.96. The number of anilines is 1. The quantitative estimate of drug-likeness (QED) is 0.123. The van der Waals surface area contributed by atoms with Crippen molar-refractivity contribution in [1.82, 2.24) is 15.0 Å². The molecule has 4 aromatic rings. The van der Waals surface area contributed by atoms with Crippen molar-refractivity contribution in [3.63, 3.8) is 0 Å². The summed E-state index contributed by atoms with van der Waals surface area (Å²) in [4.78, 5) is 37.2. The summed E-state index contributed by atoms with van der Waals surface area (Å²) >= 11 is 3.30. The molecule has 13 heteroatoms. The third-order valence-corrected chi connectivity index (χ3v) is 8.77. The highest BCUT2D eigenvalue weighted by Crippen LogP contribution is 2.21. The van der Waals surface area contributed by atoms with Gasteiger partial charge in [0.1, 0.15) is 11.5 Å². The summed E-state index contributed by atoms with van der Waals surface area (Å²) in [7, 11) is -4.01. The van der Waals surface area contributed by atoms with Gasteiger partial charge in [-0.3, -0.25) is 14.4 Å². The molecule has 0 saturated heterocycles. The molecule has 0 aliphatic heterocycles. The van der Waals surface area contributed by atoms with Crippen molar-refractivity contribution in [1.29, 1.82) is 0 Å². The molecule has 0 radical (unpaired) electrons. The van der Waals surface area contributed by atoms with Crippen LogP contribution in [0.3, 0.4) is 0 Å². The summed E-state index contributed by atoms with van der Waals surface area (Å²) < 4.78 is 34.1. The Labute approximate surface area is 263 Å². The molecule has 1 heterocycles. The first-order valence-corrected chi connectivity index (χ1v) is 15.6. The van der Waals surface area contributed by atoms with Crippen LogP contribution in [0.2, 0.25) is 0 Å². The normalized spacial score (nSPS) is 11.5. The Morgan fingerprint density at radius 1 is 0.909 bits per heavy atom. The molecule has 3 N–H and O–H groups in total. The van der Waals surface area contributed by atoms with E-state index in [1.54, 1.807) is 60.7 Å². The number of carbonyl (C=O) groups excluding carboxylic acids is 3. The van der Waals surface area contributed by atoms with Crippen LogP contribution in [0.5, 0.6) is 0 Å². The number of benzene rings is 3. The van der Waals surface area contributed by atoms with E-state index >= 15 is 0 Å². The fourth-order valence-corrected chi connectivity index (χ4v) is 5.59. The van der Waals surface area contributed by atoms with Gasteiger partial charge in [0, 0.05) is 16.7 Å². The molecule has 0 saturated carbocycles. The van der Waals surface area contributed by atoms with Crippen LogP contribution in [0.15, 0.2) is 104 Å². The Kier molecular flexibility index (Phi) is 10.8. The molecule has 1 aromatic heterocycles. The summed E-state index contributed by atoms with van der Waals surface area (Å²) in [6.07, 6.45) is 1.24. The average molecular weight is 681 g/mol.